The highest BCUT2D eigenvalue weighted by atomic mass is 16.5. The lowest BCUT2D eigenvalue weighted by Gasteiger charge is -2.35. The molecular formula is C19H25N3O2. The molecule has 1 amide bonds. The number of hydrogen-bond acceptors (Lipinski definition) is 3. The molecule has 128 valence electrons. The molecule has 1 atom stereocenters. The van der Waals surface area contributed by atoms with Crippen LogP contribution in [0, 0.1) is 6.92 Å². The van der Waals surface area contributed by atoms with Crippen molar-refractivity contribution in [1.29, 1.82) is 0 Å². The summed E-state index contributed by atoms with van der Waals surface area (Å²) in [5, 5.41) is 1.10. The number of aromatic amines is 1. The Morgan fingerprint density at radius 2 is 2.08 bits per heavy atom. The highest BCUT2D eigenvalue weighted by Crippen LogP contribution is 2.19. The van der Waals surface area contributed by atoms with Crippen LogP contribution < -0.4 is 0 Å². The van der Waals surface area contributed by atoms with E-state index in [0.29, 0.717) is 11.8 Å². The highest BCUT2D eigenvalue weighted by Gasteiger charge is 2.26. The van der Waals surface area contributed by atoms with Crippen LogP contribution in [-0.4, -0.2) is 66.1 Å². The Hall–Kier alpha value is -1.85. The molecule has 0 radical (unpaired) electrons. The number of piperazine rings is 1. The minimum absolute atomic E-state index is 0.112. The van der Waals surface area contributed by atoms with Crippen LogP contribution in [0.3, 0.4) is 0 Å². The van der Waals surface area contributed by atoms with E-state index in [9.17, 15) is 4.79 Å². The topological polar surface area (TPSA) is 48.6 Å². The van der Waals surface area contributed by atoms with E-state index in [1.54, 1.807) is 0 Å². The molecule has 24 heavy (non-hydrogen) atoms. The number of fused-ring (bicyclic) bond motifs is 1. The van der Waals surface area contributed by atoms with E-state index < -0.39 is 0 Å². The molecule has 2 fully saturated rings. The molecule has 2 aliphatic heterocycles. The lowest BCUT2D eigenvalue weighted by Crippen LogP contribution is -2.50. The van der Waals surface area contributed by atoms with Crippen LogP contribution in [0.15, 0.2) is 24.3 Å². The largest absolute Gasteiger partial charge is 0.377 e. The average Bonchev–Trinajstić information content (AvgIpc) is 3.24. The molecule has 5 heteroatoms. The lowest BCUT2D eigenvalue weighted by molar-refractivity contribution is 0.0430. The molecule has 4 rings (SSSR count). The number of nitrogens with zero attached hydrogens (tertiary/aromatic N) is 2. The van der Waals surface area contributed by atoms with Crippen molar-refractivity contribution in [2.45, 2.75) is 25.9 Å². The van der Waals surface area contributed by atoms with Gasteiger partial charge in [0, 0.05) is 50.2 Å². The summed E-state index contributed by atoms with van der Waals surface area (Å²) in [6, 6.07) is 8.20. The van der Waals surface area contributed by atoms with Gasteiger partial charge in [0.15, 0.2) is 0 Å². The number of ether oxygens (including phenoxy) is 1. The highest BCUT2D eigenvalue weighted by molar-refractivity contribution is 5.98. The van der Waals surface area contributed by atoms with Crippen molar-refractivity contribution >= 4 is 16.8 Å². The van der Waals surface area contributed by atoms with Crippen LogP contribution in [0.25, 0.3) is 10.9 Å². The van der Waals surface area contributed by atoms with Crippen LogP contribution in [0.5, 0.6) is 0 Å². The van der Waals surface area contributed by atoms with Crippen LogP contribution >= 0.6 is 0 Å². The summed E-state index contributed by atoms with van der Waals surface area (Å²) in [4.78, 5) is 20.4. The van der Waals surface area contributed by atoms with Gasteiger partial charge in [0.05, 0.1) is 6.10 Å². The van der Waals surface area contributed by atoms with E-state index in [1.165, 1.54) is 18.4 Å². The Balaban J connectivity index is 1.38. The molecule has 1 unspecified atom stereocenters. The number of hydrogen-bond donors (Lipinski definition) is 1. The summed E-state index contributed by atoms with van der Waals surface area (Å²) in [7, 11) is 0. The predicted molar refractivity (Wildman–Crippen MR) is 94.4 cm³/mol. The zero-order chi connectivity index (χ0) is 16.5. The zero-order valence-electron chi connectivity index (χ0n) is 14.3. The number of amides is 1. The van der Waals surface area contributed by atoms with Gasteiger partial charge in [-0.3, -0.25) is 9.69 Å². The molecule has 1 aromatic heterocycles. The first kappa shape index (κ1) is 15.7. The van der Waals surface area contributed by atoms with Crippen molar-refractivity contribution in [2.24, 2.45) is 0 Å². The molecule has 0 bridgehead atoms. The van der Waals surface area contributed by atoms with Crippen LogP contribution in [0.1, 0.15) is 28.9 Å². The first-order chi connectivity index (χ1) is 11.7. The minimum atomic E-state index is 0.112. The molecule has 0 spiro atoms. The average molecular weight is 327 g/mol. The number of nitrogens with one attached hydrogen (secondary N) is 1. The number of carbonyl (C=O) groups is 1. The minimum Gasteiger partial charge on any atom is -0.377 e. The smallest absolute Gasteiger partial charge is 0.270 e. The Labute approximate surface area is 142 Å². The van der Waals surface area contributed by atoms with Crippen molar-refractivity contribution < 1.29 is 9.53 Å². The van der Waals surface area contributed by atoms with E-state index in [2.05, 4.69) is 35.0 Å². The molecule has 5 nitrogen and oxygen atoms in total. The number of aromatic nitrogens is 1. The lowest BCUT2D eigenvalue weighted by atomic mass is 10.2. The van der Waals surface area contributed by atoms with Gasteiger partial charge >= 0.3 is 0 Å². The molecular weight excluding hydrogens is 302 g/mol. The second kappa shape index (κ2) is 6.57. The Morgan fingerprint density at radius 1 is 1.25 bits per heavy atom. The van der Waals surface area contributed by atoms with Gasteiger partial charge in [0.2, 0.25) is 0 Å². The van der Waals surface area contributed by atoms with Crippen molar-refractivity contribution in [1.82, 2.24) is 14.8 Å². The number of carbonyl (C=O) groups excluding carboxylic acids is 1. The normalized spacial score (nSPS) is 22.4. The maximum Gasteiger partial charge on any atom is 0.270 e. The zero-order valence-corrected chi connectivity index (χ0v) is 14.3. The summed E-state index contributed by atoms with van der Waals surface area (Å²) >= 11 is 0. The number of rotatable bonds is 3. The first-order valence-corrected chi connectivity index (χ1v) is 8.92. The summed E-state index contributed by atoms with van der Waals surface area (Å²) in [6.07, 6.45) is 2.75. The molecule has 2 aromatic rings. The number of benzene rings is 1. The van der Waals surface area contributed by atoms with Gasteiger partial charge in [-0.05, 0) is 37.5 Å². The molecule has 2 saturated heterocycles. The Kier molecular flexibility index (Phi) is 4.29. The fourth-order valence-electron chi connectivity index (χ4n) is 3.74. The van der Waals surface area contributed by atoms with Crippen LogP contribution in [-0.2, 0) is 4.74 Å². The third-order valence-corrected chi connectivity index (χ3v) is 5.15. The van der Waals surface area contributed by atoms with E-state index >= 15 is 0 Å². The van der Waals surface area contributed by atoms with Crippen molar-refractivity contribution in [2.75, 3.05) is 39.3 Å². The summed E-state index contributed by atoms with van der Waals surface area (Å²) in [6.45, 7) is 7.43. The molecule has 2 aliphatic rings. The second-order valence-corrected chi connectivity index (χ2v) is 7.00. The van der Waals surface area contributed by atoms with E-state index in [4.69, 9.17) is 4.74 Å². The van der Waals surface area contributed by atoms with Crippen LogP contribution in [0.4, 0.5) is 0 Å². The molecule has 0 saturated carbocycles. The maximum atomic E-state index is 12.8. The fraction of sp³-hybridized carbons (Fsp3) is 0.526. The number of H-pyrrole nitrogens is 1. The second-order valence-electron chi connectivity index (χ2n) is 7.00. The van der Waals surface area contributed by atoms with E-state index in [1.807, 2.05) is 11.0 Å². The summed E-state index contributed by atoms with van der Waals surface area (Å²) in [5.41, 5.74) is 2.93. The van der Waals surface area contributed by atoms with Gasteiger partial charge < -0.3 is 14.6 Å². The Morgan fingerprint density at radius 3 is 2.83 bits per heavy atom. The van der Waals surface area contributed by atoms with Gasteiger partial charge in [0.25, 0.3) is 5.91 Å². The predicted octanol–water partition coefficient (Wildman–Crippen LogP) is 2.41. The van der Waals surface area contributed by atoms with Crippen molar-refractivity contribution in [3.05, 3.63) is 35.5 Å². The van der Waals surface area contributed by atoms with Gasteiger partial charge in [-0.1, -0.05) is 12.1 Å². The number of aryl methyl sites for hydroxylation is 1. The third-order valence-electron chi connectivity index (χ3n) is 5.15. The van der Waals surface area contributed by atoms with Crippen LogP contribution in [0.2, 0.25) is 0 Å². The molecule has 1 N–H and O–H groups in total. The summed E-state index contributed by atoms with van der Waals surface area (Å²) in [5.74, 6) is 0.112. The fourth-order valence-corrected chi connectivity index (χ4v) is 3.74. The van der Waals surface area contributed by atoms with Gasteiger partial charge in [-0.15, -0.1) is 0 Å². The van der Waals surface area contributed by atoms with E-state index in [0.717, 1.165) is 50.2 Å². The monoisotopic (exact) mass is 327 g/mol. The maximum absolute atomic E-state index is 12.8. The molecule has 1 aromatic carbocycles. The Bertz CT molecular complexity index is 725. The SMILES string of the molecule is Cc1ccc2cc(C(=O)N3CCN(CC4CCCO4)CC3)[nH]c2c1. The standard InChI is InChI=1S/C19H25N3O2/c1-14-4-5-15-12-18(20-17(15)11-14)19(23)22-8-6-21(7-9-22)13-16-3-2-10-24-16/h4-5,11-12,16,20H,2-3,6-10,13H2,1H3. The van der Waals surface area contributed by atoms with Crippen molar-refractivity contribution in [3.63, 3.8) is 0 Å². The van der Waals surface area contributed by atoms with Gasteiger partial charge in [-0.2, -0.15) is 0 Å². The molecule has 0 aliphatic carbocycles. The third kappa shape index (κ3) is 3.19. The van der Waals surface area contributed by atoms with Crippen molar-refractivity contribution in [3.8, 4) is 0 Å². The quantitative estimate of drug-likeness (QED) is 0.942. The first-order valence-electron chi connectivity index (χ1n) is 8.92. The summed E-state index contributed by atoms with van der Waals surface area (Å²) < 4.78 is 5.72. The molecule has 3 heterocycles. The van der Waals surface area contributed by atoms with Gasteiger partial charge in [0.1, 0.15) is 5.69 Å². The van der Waals surface area contributed by atoms with Gasteiger partial charge in [-0.25, -0.2) is 0 Å². The van der Waals surface area contributed by atoms with E-state index in [-0.39, 0.29) is 5.91 Å².